The summed E-state index contributed by atoms with van der Waals surface area (Å²) in [6.07, 6.45) is 5.64. The third-order valence-electron chi connectivity index (χ3n) is 4.93. The van der Waals surface area contributed by atoms with Crippen LogP contribution in [-0.2, 0) is 0 Å². The van der Waals surface area contributed by atoms with Crippen LogP contribution in [0.5, 0.6) is 0 Å². The summed E-state index contributed by atoms with van der Waals surface area (Å²) in [5.41, 5.74) is 2.86. The zero-order valence-electron chi connectivity index (χ0n) is 14.1. The Balaban J connectivity index is 1.71. The quantitative estimate of drug-likeness (QED) is 0.620. The lowest BCUT2D eigenvalue weighted by atomic mass is 10.1. The van der Waals surface area contributed by atoms with Gasteiger partial charge in [-0.05, 0) is 56.3 Å². The number of piperidine rings is 1. The lowest BCUT2D eigenvalue weighted by Gasteiger charge is -2.25. The van der Waals surface area contributed by atoms with E-state index in [1.165, 1.54) is 19.3 Å². The monoisotopic (exact) mass is 352 g/mol. The number of rotatable bonds is 4. The molecule has 2 aromatic carbocycles. The predicted octanol–water partition coefficient (Wildman–Crippen LogP) is 4.95. The number of halogens is 1. The van der Waals surface area contributed by atoms with Gasteiger partial charge in [-0.1, -0.05) is 36.2 Å². The number of carbonyl (C=O) groups excluding carboxylic acids is 1. The van der Waals surface area contributed by atoms with E-state index in [9.17, 15) is 4.79 Å². The van der Waals surface area contributed by atoms with Crippen LogP contribution in [0.25, 0.3) is 16.6 Å². The Morgan fingerprint density at radius 3 is 2.44 bits per heavy atom. The summed E-state index contributed by atoms with van der Waals surface area (Å²) in [5.74, 6) is 0.200. The van der Waals surface area contributed by atoms with Gasteiger partial charge in [0, 0.05) is 27.9 Å². The molecule has 128 valence electrons. The first-order chi connectivity index (χ1) is 12.2. The van der Waals surface area contributed by atoms with E-state index in [1.807, 2.05) is 48.7 Å². The predicted molar refractivity (Wildman–Crippen MR) is 103 cm³/mol. The van der Waals surface area contributed by atoms with Crippen LogP contribution < -0.4 is 0 Å². The molecule has 2 heterocycles. The summed E-state index contributed by atoms with van der Waals surface area (Å²) in [5, 5.41) is 1.72. The Hall–Kier alpha value is -2.10. The van der Waals surface area contributed by atoms with Crippen molar-refractivity contribution in [2.75, 3.05) is 19.6 Å². The maximum Gasteiger partial charge on any atom is 0.178 e. The first-order valence-corrected chi connectivity index (χ1v) is 9.22. The molecule has 0 unspecified atom stereocenters. The van der Waals surface area contributed by atoms with Crippen LogP contribution >= 0.6 is 11.6 Å². The van der Waals surface area contributed by atoms with E-state index in [0.717, 1.165) is 35.2 Å². The van der Waals surface area contributed by atoms with Crippen molar-refractivity contribution in [1.29, 1.82) is 0 Å². The van der Waals surface area contributed by atoms with Crippen LogP contribution in [-0.4, -0.2) is 34.9 Å². The van der Waals surface area contributed by atoms with E-state index < -0.39 is 0 Å². The zero-order valence-corrected chi connectivity index (χ0v) is 14.9. The Labute approximate surface area is 152 Å². The molecule has 0 aliphatic carbocycles. The lowest BCUT2D eigenvalue weighted by Crippen LogP contribution is -2.34. The van der Waals surface area contributed by atoms with Gasteiger partial charge >= 0.3 is 0 Å². The average Bonchev–Trinajstić information content (AvgIpc) is 3.03. The van der Waals surface area contributed by atoms with E-state index in [0.29, 0.717) is 11.6 Å². The zero-order chi connectivity index (χ0) is 17.2. The first-order valence-electron chi connectivity index (χ1n) is 8.84. The van der Waals surface area contributed by atoms with Crippen molar-refractivity contribution in [1.82, 2.24) is 9.47 Å². The van der Waals surface area contributed by atoms with Crippen molar-refractivity contribution < 1.29 is 4.79 Å². The van der Waals surface area contributed by atoms with Crippen molar-refractivity contribution in [2.45, 2.75) is 19.3 Å². The highest BCUT2D eigenvalue weighted by atomic mass is 35.5. The third kappa shape index (κ3) is 3.35. The molecule has 1 fully saturated rings. The van der Waals surface area contributed by atoms with Crippen molar-refractivity contribution in [3.63, 3.8) is 0 Å². The molecule has 4 heteroatoms. The number of carbonyl (C=O) groups is 1. The Morgan fingerprint density at radius 2 is 1.68 bits per heavy atom. The lowest BCUT2D eigenvalue weighted by molar-refractivity contribution is 0.0917. The minimum Gasteiger partial charge on any atom is -0.316 e. The summed E-state index contributed by atoms with van der Waals surface area (Å²) in [7, 11) is 0. The van der Waals surface area contributed by atoms with E-state index in [4.69, 9.17) is 11.6 Å². The number of aromatic nitrogens is 1. The highest BCUT2D eigenvalue weighted by molar-refractivity contribution is 6.30. The van der Waals surface area contributed by atoms with Crippen molar-refractivity contribution >= 4 is 28.3 Å². The van der Waals surface area contributed by atoms with E-state index in [-0.39, 0.29) is 5.78 Å². The molecule has 1 aliphatic heterocycles. The van der Waals surface area contributed by atoms with E-state index in [2.05, 4.69) is 15.5 Å². The molecule has 4 rings (SSSR count). The highest BCUT2D eigenvalue weighted by Gasteiger charge is 2.19. The molecule has 1 aliphatic rings. The number of hydrogen-bond donors (Lipinski definition) is 0. The molecule has 0 spiro atoms. The summed E-state index contributed by atoms with van der Waals surface area (Å²) >= 11 is 6.01. The number of likely N-dealkylation sites (tertiary alicyclic amines) is 1. The molecule has 1 saturated heterocycles. The van der Waals surface area contributed by atoms with Crippen LogP contribution in [0.4, 0.5) is 0 Å². The molecule has 3 nitrogen and oxygen atoms in total. The molecule has 0 saturated carbocycles. The fourth-order valence-corrected chi connectivity index (χ4v) is 3.75. The number of nitrogens with zero attached hydrogens (tertiary/aromatic N) is 2. The second-order valence-electron chi connectivity index (χ2n) is 6.67. The second-order valence-corrected chi connectivity index (χ2v) is 7.10. The topological polar surface area (TPSA) is 25.2 Å². The smallest absolute Gasteiger partial charge is 0.178 e. The van der Waals surface area contributed by atoms with Gasteiger partial charge in [-0.2, -0.15) is 0 Å². The minimum absolute atomic E-state index is 0.200. The molecule has 0 bridgehead atoms. The number of hydrogen-bond acceptors (Lipinski definition) is 2. The van der Waals surface area contributed by atoms with Crippen LogP contribution in [0.3, 0.4) is 0 Å². The van der Waals surface area contributed by atoms with Gasteiger partial charge in [-0.25, -0.2) is 0 Å². The van der Waals surface area contributed by atoms with Gasteiger partial charge in [0.2, 0.25) is 0 Å². The van der Waals surface area contributed by atoms with Crippen LogP contribution in [0, 0.1) is 0 Å². The molecule has 25 heavy (non-hydrogen) atoms. The van der Waals surface area contributed by atoms with Gasteiger partial charge in [0.05, 0.1) is 12.1 Å². The van der Waals surface area contributed by atoms with E-state index >= 15 is 0 Å². The van der Waals surface area contributed by atoms with Crippen molar-refractivity contribution in [3.05, 3.63) is 65.3 Å². The average molecular weight is 353 g/mol. The molecular weight excluding hydrogens is 332 g/mol. The Kier molecular flexibility index (Phi) is 4.60. The van der Waals surface area contributed by atoms with Crippen molar-refractivity contribution in [2.24, 2.45) is 0 Å². The maximum absolute atomic E-state index is 12.9. The number of benzene rings is 2. The van der Waals surface area contributed by atoms with Gasteiger partial charge in [-0.3, -0.25) is 9.69 Å². The molecular formula is C21H21ClN2O. The molecule has 0 radical (unpaired) electrons. The minimum atomic E-state index is 0.200. The first kappa shape index (κ1) is 16.4. The molecule has 0 N–H and O–H groups in total. The van der Waals surface area contributed by atoms with Gasteiger partial charge in [-0.15, -0.1) is 0 Å². The number of fused-ring (bicyclic) bond motifs is 1. The second kappa shape index (κ2) is 7.03. The number of ketones is 1. The summed E-state index contributed by atoms with van der Waals surface area (Å²) < 4.78 is 2.08. The maximum atomic E-state index is 12.9. The van der Waals surface area contributed by atoms with E-state index in [1.54, 1.807) is 0 Å². The standard InChI is InChI=1S/C21H21ClN2O/c22-16-8-10-17(11-9-16)24-14-19(18-6-2-3-7-20(18)24)21(25)15-23-12-4-1-5-13-23/h2-3,6-11,14H,1,4-5,12-13,15H2. The molecule has 0 atom stereocenters. The largest absolute Gasteiger partial charge is 0.316 e. The number of Topliss-reactive ketones (excluding diaryl/α,β-unsaturated/α-hetero) is 1. The fourth-order valence-electron chi connectivity index (χ4n) is 3.62. The van der Waals surface area contributed by atoms with Crippen LogP contribution in [0.15, 0.2) is 54.7 Å². The summed E-state index contributed by atoms with van der Waals surface area (Å²) in [6, 6.07) is 15.8. The summed E-state index contributed by atoms with van der Waals surface area (Å²) in [6.45, 7) is 2.57. The SMILES string of the molecule is O=C(CN1CCCCC1)c1cn(-c2ccc(Cl)cc2)c2ccccc12. The third-order valence-corrected chi connectivity index (χ3v) is 5.19. The van der Waals surface area contributed by atoms with Gasteiger partial charge in [0.15, 0.2) is 5.78 Å². The van der Waals surface area contributed by atoms with Crippen LogP contribution in [0.1, 0.15) is 29.6 Å². The normalized spacial score (nSPS) is 15.6. The summed E-state index contributed by atoms with van der Waals surface area (Å²) in [4.78, 5) is 15.2. The Morgan fingerprint density at radius 1 is 0.960 bits per heavy atom. The van der Waals surface area contributed by atoms with Gasteiger partial charge < -0.3 is 4.57 Å². The Bertz CT molecular complexity index is 892. The molecule has 1 aromatic heterocycles. The number of para-hydroxylation sites is 1. The fraction of sp³-hybridized carbons (Fsp3) is 0.286. The van der Waals surface area contributed by atoms with Crippen molar-refractivity contribution in [3.8, 4) is 5.69 Å². The molecule has 0 amide bonds. The molecule has 3 aromatic rings. The highest BCUT2D eigenvalue weighted by Crippen LogP contribution is 2.26. The van der Waals surface area contributed by atoms with Gasteiger partial charge in [0.1, 0.15) is 0 Å². The van der Waals surface area contributed by atoms with Gasteiger partial charge in [0.25, 0.3) is 0 Å². The van der Waals surface area contributed by atoms with Crippen LogP contribution in [0.2, 0.25) is 5.02 Å².